The van der Waals surface area contributed by atoms with E-state index in [2.05, 4.69) is 15.7 Å². The van der Waals surface area contributed by atoms with Crippen LogP contribution in [0.5, 0.6) is 0 Å². The standard InChI is InChI=1S/C19H25N5O2/c1-13-17(14(2)23(3)22-13)21-18(25)15-9-11-24(12-10-15)19(26)20-16-7-5-4-6-8-16/h4-8,15H,9-12H2,1-3H3,(H,20,26)(H,21,25). The number of nitrogens with one attached hydrogen (secondary N) is 2. The Hall–Kier alpha value is -2.83. The van der Waals surface area contributed by atoms with Crippen LogP contribution in [0.15, 0.2) is 30.3 Å². The van der Waals surface area contributed by atoms with E-state index in [1.54, 1.807) is 9.58 Å². The number of aromatic nitrogens is 2. The predicted octanol–water partition coefficient (Wildman–Crippen LogP) is 2.92. The maximum atomic E-state index is 12.6. The van der Waals surface area contributed by atoms with E-state index >= 15 is 0 Å². The molecule has 2 N–H and O–H groups in total. The fourth-order valence-electron chi connectivity index (χ4n) is 3.25. The van der Waals surface area contributed by atoms with E-state index in [-0.39, 0.29) is 17.9 Å². The van der Waals surface area contributed by atoms with Crippen LogP contribution in [-0.4, -0.2) is 39.7 Å². The molecule has 3 rings (SSSR count). The van der Waals surface area contributed by atoms with Crippen LogP contribution in [0.1, 0.15) is 24.2 Å². The van der Waals surface area contributed by atoms with E-state index in [0.29, 0.717) is 25.9 Å². The van der Waals surface area contributed by atoms with E-state index in [4.69, 9.17) is 0 Å². The Morgan fingerprint density at radius 2 is 1.73 bits per heavy atom. The Kier molecular flexibility index (Phi) is 5.25. The summed E-state index contributed by atoms with van der Waals surface area (Å²) in [5, 5.41) is 10.2. The lowest BCUT2D eigenvalue weighted by molar-refractivity contribution is -0.121. The molecule has 0 saturated carbocycles. The molecule has 0 aliphatic carbocycles. The van der Waals surface area contributed by atoms with Gasteiger partial charge in [-0.15, -0.1) is 0 Å². The quantitative estimate of drug-likeness (QED) is 0.888. The molecule has 7 heteroatoms. The van der Waals surface area contributed by atoms with Gasteiger partial charge in [0.05, 0.1) is 17.1 Å². The number of para-hydroxylation sites is 1. The third kappa shape index (κ3) is 3.87. The van der Waals surface area contributed by atoms with Crippen LogP contribution >= 0.6 is 0 Å². The number of amides is 3. The molecular weight excluding hydrogens is 330 g/mol. The number of carbonyl (C=O) groups excluding carboxylic acids is 2. The van der Waals surface area contributed by atoms with Gasteiger partial charge in [-0.2, -0.15) is 5.10 Å². The average molecular weight is 355 g/mol. The van der Waals surface area contributed by atoms with Gasteiger partial charge in [-0.05, 0) is 38.8 Å². The Morgan fingerprint density at radius 3 is 2.31 bits per heavy atom. The maximum Gasteiger partial charge on any atom is 0.321 e. The van der Waals surface area contributed by atoms with Crippen LogP contribution in [0.25, 0.3) is 0 Å². The minimum Gasteiger partial charge on any atom is -0.324 e. The third-order valence-corrected chi connectivity index (χ3v) is 4.94. The molecule has 2 aromatic rings. The number of benzene rings is 1. The molecule has 1 fully saturated rings. The smallest absolute Gasteiger partial charge is 0.321 e. The summed E-state index contributed by atoms with van der Waals surface area (Å²) in [6.45, 7) is 4.97. The summed E-state index contributed by atoms with van der Waals surface area (Å²) in [6.07, 6.45) is 1.32. The molecule has 26 heavy (non-hydrogen) atoms. The second-order valence-electron chi connectivity index (χ2n) is 6.72. The van der Waals surface area contributed by atoms with E-state index in [1.165, 1.54) is 0 Å². The number of rotatable bonds is 3. The monoisotopic (exact) mass is 355 g/mol. The van der Waals surface area contributed by atoms with Gasteiger partial charge in [-0.3, -0.25) is 9.48 Å². The molecule has 3 amide bonds. The fourth-order valence-corrected chi connectivity index (χ4v) is 3.25. The van der Waals surface area contributed by atoms with E-state index in [1.807, 2.05) is 51.2 Å². The summed E-state index contributed by atoms with van der Waals surface area (Å²) in [6, 6.07) is 9.27. The molecule has 138 valence electrons. The first kappa shape index (κ1) is 18.0. The molecule has 0 atom stereocenters. The van der Waals surface area contributed by atoms with Crippen LogP contribution in [0, 0.1) is 19.8 Å². The SMILES string of the molecule is Cc1nn(C)c(C)c1NC(=O)C1CCN(C(=O)Nc2ccccc2)CC1. The van der Waals surface area contributed by atoms with Gasteiger partial charge in [0.15, 0.2) is 0 Å². The van der Waals surface area contributed by atoms with Gasteiger partial charge in [0.25, 0.3) is 0 Å². The van der Waals surface area contributed by atoms with Crippen molar-refractivity contribution in [1.29, 1.82) is 0 Å². The summed E-state index contributed by atoms with van der Waals surface area (Å²) < 4.78 is 1.77. The summed E-state index contributed by atoms with van der Waals surface area (Å²) in [5.74, 6) is -0.0814. The summed E-state index contributed by atoms with van der Waals surface area (Å²) in [4.78, 5) is 26.7. The van der Waals surface area contributed by atoms with Crippen molar-refractivity contribution in [1.82, 2.24) is 14.7 Å². The third-order valence-electron chi connectivity index (χ3n) is 4.94. The van der Waals surface area contributed by atoms with Crippen molar-refractivity contribution in [2.24, 2.45) is 13.0 Å². The van der Waals surface area contributed by atoms with E-state index < -0.39 is 0 Å². The average Bonchev–Trinajstić information content (AvgIpc) is 2.88. The van der Waals surface area contributed by atoms with Crippen LogP contribution in [0.4, 0.5) is 16.2 Å². The van der Waals surface area contributed by atoms with Crippen molar-refractivity contribution in [2.75, 3.05) is 23.7 Å². The molecule has 1 aliphatic heterocycles. The number of piperidine rings is 1. The molecule has 0 unspecified atom stereocenters. The molecular formula is C19H25N5O2. The van der Waals surface area contributed by atoms with Crippen molar-refractivity contribution < 1.29 is 9.59 Å². The van der Waals surface area contributed by atoms with Crippen molar-refractivity contribution >= 4 is 23.3 Å². The van der Waals surface area contributed by atoms with Crippen molar-refractivity contribution in [3.63, 3.8) is 0 Å². The van der Waals surface area contributed by atoms with Crippen LogP contribution in [0.2, 0.25) is 0 Å². The van der Waals surface area contributed by atoms with Crippen LogP contribution in [-0.2, 0) is 11.8 Å². The number of hydrogen-bond donors (Lipinski definition) is 2. The van der Waals surface area contributed by atoms with Gasteiger partial charge in [0, 0.05) is 31.7 Å². The minimum atomic E-state index is -0.117. The number of hydrogen-bond acceptors (Lipinski definition) is 3. The maximum absolute atomic E-state index is 12.6. The number of urea groups is 1. The number of nitrogens with zero attached hydrogens (tertiary/aromatic N) is 3. The molecule has 1 aliphatic rings. The zero-order valence-corrected chi connectivity index (χ0v) is 15.5. The summed E-state index contributed by atoms with van der Waals surface area (Å²) >= 11 is 0. The first-order valence-electron chi connectivity index (χ1n) is 8.87. The highest BCUT2D eigenvalue weighted by Crippen LogP contribution is 2.23. The lowest BCUT2D eigenvalue weighted by Crippen LogP contribution is -2.43. The molecule has 1 aromatic carbocycles. The fraction of sp³-hybridized carbons (Fsp3) is 0.421. The number of aryl methyl sites for hydroxylation is 2. The molecule has 7 nitrogen and oxygen atoms in total. The highest BCUT2D eigenvalue weighted by molar-refractivity contribution is 5.94. The highest BCUT2D eigenvalue weighted by Gasteiger charge is 2.28. The number of carbonyl (C=O) groups is 2. The lowest BCUT2D eigenvalue weighted by Gasteiger charge is -2.31. The van der Waals surface area contributed by atoms with Gasteiger partial charge >= 0.3 is 6.03 Å². The largest absolute Gasteiger partial charge is 0.324 e. The molecule has 2 heterocycles. The van der Waals surface area contributed by atoms with Crippen molar-refractivity contribution in [3.05, 3.63) is 41.7 Å². The Balaban J connectivity index is 1.53. The van der Waals surface area contributed by atoms with E-state index in [9.17, 15) is 9.59 Å². The second-order valence-corrected chi connectivity index (χ2v) is 6.72. The summed E-state index contributed by atoms with van der Waals surface area (Å²) in [5.41, 5.74) is 3.33. The van der Waals surface area contributed by atoms with Gasteiger partial charge in [0.1, 0.15) is 0 Å². The number of anilines is 2. The predicted molar refractivity (Wildman–Crippen MR) is 101 cm³/mol. The zero-order valence-electron chi connectivity index (χ0n) is 15.5. The minimum absolute atomic E-state index is 0.00678. The van der Waals surface area contributed by atoms with Crippen LogP contribution in [0.3, 0.4) is 0 Å². The Labute approximate surface area is 153 Å². The molecule has 1 aromatic heterocycles. The normalized spacial score (nSPS) is 15.0. The molecule has 0 spiro atoms. The Morgan fingerprint density at radius 1 is 1.08 bits per heavy atom. The zero-order chi connectivity index (χ0) is 18.7. The second kappa shape index (κ2) is 7.59. The van der Waals surface area contributed by atoms with Gasteiger partial charge in [-0.25, -0.2) is 4.79 Å². The molecule has 0 radical (unpaired) electrons. The molecule has 1 saturated heterocycles. The summed E-state index contributed by atoms with van der Waals surface area (Å²) in [7, 11) is 1.86. The van der Waals surface area contributed by atoms with Crippen molar-refractivity contribution in [3.8, 4) is 0 Å². The Bertz CT molecular complexity index is 792. The highest BCUT2D eigenvalue weighted by atomic mass is 16.2. The van der Waals surface area contributed by atoms with Gasteiger partial charge in [0.2, 0.25) is 5.91 Å². The first-order chi connectivity index (χ1) is 12.5. The molecule has 0 bridgehead atoms. The first-order valence-corrected chi connectivity index (χ1v) is 8.87. The van der Waals surface area contributed by atoms with E-state index in [0.717, 1.165) is 22.8 Å². The van der Waals surface area contributed by atoms with Gasteiger partial charge < -0.3 is 15.5 Å². The lowest BCUT2D eigenvalue weighted by atomic mass is 9.96. The topological polar surface area (TPSA) is 79.3 Å². The van der Waals surface area contributed by atoms with Crippen molar-refractivity contribution in [2.45, 2.75) is 26.7 Å². The van der Waals surface area contributed by atoms with Crippen LogP contribution < -0.4 is 10.6 Å². The number of likely N-dealkylation sites (tertiary alicyclic amines) is 1. The van der Waals surface area contributed by atoms with Gasteiger partial charge in [-0.1, -0.05) is 18.2 Å².